The Morgan fingerprint density at radius 2 is 2.31 bits per heavy atom. The van der Waals surface area contributed by atoms with E-state index in [1.807, 2.05) is 0 Å². The first-order valence-corrected chi connectivity index (χ1v) is 7.49. The summed E-state index contributed by atoms with van der Waals surface area (Å²) >= 11 is 6.99. The minimum Gasteiger partial charge on any atom is -0.271 e. The largest absolute Gasteiger partial charge is 0.271 e. The van der Waals surface area contributed by atoms with Gasteiger partial charge in [-0.2, -0.15) is 0 Å². The lowest BCUT2D eigenvalue weighted by Crippen LogP contribution is -2.29. The van der Waals surface area contributed by atoms with Crippen LogP contribution >= 0.6 is 38.6 Å². The van der Waals surface area contributed by atoms with E-state index in [1.54, 1.807) is 22.7 Å². The Morgan fingerprint density at radius 3 is 2.81 bits per heavy atom. The molecule has 1 unspecified atom stereocenters. The number of thiophene rings is 2. The van der Waals surface area contributed by atoms with Gasteiger partial charge < -0.3 is 0 Å². The maximum absolute atomic E-state index is 5.64. The number of nitrogens with two attached hydrogens (primary N) is 1. The standard InChI is InChI=1S/C11H13BrN2S2/c1-7-2-3-15-11(7)10(14-13)5-9-4-8(12)6-16-9/h2-4,6,10,14H,5,13H2,1H3. The van der Waals surface area contributed by atoms with Crippen molar-refractivity contribution in [2.75, 3.05) is 0 Å². The van der Waals surface area contributed by atoms with Crippen LogP contribution in [0.5, 0.6) is 0 Å². The topological polar surface area (TPSA) is 38.0 Å². The van der Waals surface area contributed by atoms with Gasteiger partial charge in [-0.25, -0.2) is 0 Å². The van der Waals surface area contributed by atoms with Crippen molar-refractivity contribution in [2.45, 2.75) is 19.4 Å². The number of nitrogens with one attached hydrogen (secondary N) is 1. The van der Waals surface area contributed by atoms with Gasteiger partial charge in [0.25, 0.3) is 0 Å². The van der Waals surface area contributed by atoms with Gasteiger partial charge in [0, 0.05) is 26.0 Å². The third-order valence-corrected chi connectivity index (χ3v) is 5.30. The fourth-order valence-corrected chi connectivity index (χ4v) is 4.12. The monoisotopic (exact) mass is 316 g/mol. The molecule has 1 atom stereocenters. The van der Waals surface area contributed by atoms with E-state index in [1.165, 1.54) is 15.3 Å². The molecule has 2 nitrogen and oxygen atoms in total. The van der Waals surface area contributed by atoms with Crippen LogP contribution in [0.3, 0.4) is 0 Å². The summed E-state index contributed by atoms with van der Waals surface area (Å²) in [4.78, 5) is 2.66. The minimum absolute atomic E-state index is 0.213. The van der Waals surface area contributed by atoms with Crippen molar-refractivity contribution in [2.24, 2.45) is 5.84 Å². The van der Waals surface area contributed by atoms with Gasteiger partial charge in [-0.1, -0.05) is 0 Å². The van der Waals surface area contributed by atoms with Crippen LogP contribution in [0.4, 0.5) is 0 Å². The molecule has 16 heavy (non-hydrogen) atoms. The van der Waals surface area contributed by atoms with E-state index in [0.29, 0.717) is 0 Å². The van der Waals surface area contributed by atoms with E-state index in [4.69, 9.17) is 5.84 Å². The molecule has 0 spiro atoms. The van der Waals surface area contributed by atoms with Crippen molar-refractivity contribution in [3.05, 3.63) is 42.7 Å². The van der Waals surface area contributed by atoms with Crippen LogP contribution in [0.15, 0.2) is 27.4 Å². The highest BCUT2D eigenvalue weighted by Gasteiger charge is 2.15. The van der Waals surface area contributed by atoms with Gasteiger partial charge in [-0.05, 0) is 45.9 Å². The molecule has 5 heteroatoms. The van der Waals surface area contributed by atoms with Crippen molar-refractivity contribution in [3.8, 4) is 0 Å². The molecule has 2 heterocycles. The number of hydrogen-bond donors (Lipinski definition) is 2. The zero-order valence-corrected chi connectivity index (χ0v) is 12.1. The number of rotatable bonds is 4. The minimum atomic E-state index is 0.213. The van der Waals surface area contributed by atoms with Crippen LogP contribution in [0.1, 0.15) is 21.4 Å². The molecule has 0 aromatic carbocycles. The summed E-state index contributed by atoms with van der Waals surface area (Å²) in [5.41, 5.74) is 4.21. The lowest BCUT2D eigenvalue weighted by atomic mass is 10.1. The zero-order valence-electron chi connectivity index (χ0n) is 8.87. The van der Waals surface area contributed by atoms with Gasteiger partial charge in [-0.15, -0.1) is 22.7 Å². The van der Waals surface area contributed by atoms with Crippen LogP contribution < -0.4 is 11.3 Å². The molecule has 0 aliphatic carbocycles. The third-order valence-electron chi connectivity index (χ3n) is 2.45. The molecular formula is C11H13BrN2S2. The second-order valence-corrected chi connectivity index (χ2v) is 6.48. The SMILES string of the molecule is Cc1ccsc1C(Cc1cc(Br)cs1)NN. The van der Waals surface area contributed by atoms with E-state index in [9.17, 15) is 0 Å². The molecular weight excluding hydrogens is 304 g/mol. The highest BCUT2D eigenvalue weighted by atomic mass is 79.9. The molecule has 0 aliphatic heterocycles. The Labute approximate surface area is 112 Å². The Balaban J connectivity index is 2.15. The fourth-order valence-electron chi connectivity index (χ4n) is 1.63. The Morgan fingerprint density at radius 1 is 1.50 bits per heavy atom. The zero-order chi connectivity index (χ0) is 11.5. The quantitative estimate of drug-likeness (QED) is 0.667. The van der Waals surface area contributed by atoms with E-state index in [0.717, 1.165) is 10.9 Å². The van der Waals surface area contributed by atoms with Crippen LogP contribution in [0.2, 0.25) is 0 Å². The Kier molecular flexibility index (Phi) is 4.16. The number of hydrogen-bond acceptors (Lipinski definition) is 4. The van der Waals surface area contributed by atoms with E-state index in [2.05, 4.69) is 51.2 Å². The summed E-state index contributed by atoms with van der Waals surface area (Å²) in [6.45, 7) is 2.13. The normalized spacial score (nSPS) is 12.9. The summed E-state index contributed by atoms with van der Waals surface area (Å²) in [7, 11) is 0. The fraction of sp³-hybridized carbons (Fsp3) is 0.273. The molecule has 0 amide bonds. The summed E-state index contributed by atoms with van der Waals surface area (Å²) in [6, 6.07) is 4.50. The maximum atomic E-state index is 5.64. The maximum Gasteiger partial charge on any atom is 0.0604 e. The molecule has 86 valence electrons. The summed E-state index contributed by atoms with van der Waals surface area (Å²) < 4.78 is 1.14. The van der Waals surface area contributed by atoms with Crippen LogP contribution in [0, 0.1) is 6.92 Å². The molecule has 0 radical (unpaired) electrons. The molecule has 3 N–H and O–H groups in total. The molecule has 0 saturated heterocycles. The average Bonchev–Trinajstić information content (AvgIpc) is 2.84. The van der Waals surface area contributed by atoms with Gasteiger partial charge in [0.05, 0.1) is 6.04 Å². The van der Waals surface area contributed by atoms with Crippen molar-refractivity contribution >= 4 is 38.6 Å². The third kappa shape index (κ3) is 2.73. The smallest absolute Gasteiger partial charge is 0.0604 e. The van der Waals surface area contributed by atoms with E-state index < -0.39 is 0 Å². The number of hydrazine groups is 1. The second kappa shape index (κ2) is 5.42. The summed E-state index contributed by atoms with van der Waals surface area (Å²) in [6.07, 6.45) is 0.939. The molecule has 0 fully saturated rings. The number of halogens is 1. The van der Waals surface area contributed by atoms with Gasteiger partial charge >= 0.3 is 0 Å². The summed E-state index contributed by atoms with van der Waals surface area (Å²) in [5.74, 6) is 5.64. The van der Waals surface area contributed by atoms with Crippen LogP contribution in [0.25, 0.3) is 0 Å². The first kappa shape index (κ1) is 12.3. The lowest BCUT2D eigenvalue weighted by Gasteiger charge is -2.14. The first-order chi connectivity index (χ1) is 7.70. The van der Waals surface area contributed by atoms with E-state index >= 15 is 0 Å². The average molecular weight is 317 g/mol. The summed E-state index contributed by atoms with van der Waals surface area (Å²) in [5, 5.41) is 4.21. The first-order valence-electron chi connectivity index (χ1n) is 4.93. The predicted octanol–water partition coefficient (Wildman–Crippen LogP) is 3.63. The molecule has 2 aromatic heterocycles. The van der Waals surface area contributed by atoms with Gasteiger partial charge in [0.1, 0.15) is 0 Å². The Bertz CT molecular complexity index is 464. The lowest BCUT2D eigenvalue weighted by molar-refractivity contribution is 0.562. The van der Waals surface area contributed by atoms with Crippen molar-refractivity contribution < 1.29 is 0 Å². The number of aryl methyl sites for hydroxylation is 1. The van der Waals surface area contributed by atoms with Crippen molar-refractivity contribution in [1.29, 1.82) is 0 Å². The van der Waals surface area contributed by atoms with Gasteiger partial charge in [-0.3, -0.25) is 11.3 Å². The molecule has 2 aromatic rings. The van der Waals surface area contributed by atoms with Crippen molar-refractivity contribution in [1.82, 2.24) is 5.43 Å². The molecule has 0 aliphatic rings. The van der Waals surface area contributed by atoms with Gasteiger partial charge in [0.2, 0.25) is 0 Å². The molecule has 0 bridgehead atoms. The van der Waals surface area contributed by atoms with Crippen LogP contribution in [-0.2, 0) is 6.42 Å². The van der Waals surface area contributed by atoms with Crippen LogP contribution in [-0.4, -0.2) is 0 Å². The second-order valence-electron chi connectivity index (χ2n) is 3.62. The Hall–Kier alpha value is -0.200. The highest BCUT2D eigenvalue weighted by Crippen LogP contribution is 2.29. The predicted molar refractivity (Wildman–Crippen MR) is 74.8 cm³/mol. The molecule has 0 saturated carbocycles. The van der Waals surface area contributed by atoms with Gasteiger partial charge in [0.15, 0.2) is 0 Å². The highest BCUT2D eigenvalue weighted by molar-refractivity contribution is 9.10. The van der Waals surface area contributed by atoms with E-state index in [-0.39, 0.29) is 6.04 Å². The molecule has 2 rings (SSSR count). The van der Waals surface area contributed by atoms with Crippen molar-refractivity contribution in [3.63, 3.8) is 0 Å².